The van der Waals surface area contributed by atoms with Crippen LogP contribution in [-0.2, 0) is 4.79 Å². The first-order chi connectivity index (χ1) is 10.1. The molecule has 0 fully saturated rings. The van der Waals surface area contributed by atoms with E-state index in [1.54, 1.807) is 36.4 Å². The fraction of sp³-hybridized carbons (Fsp3) is 0.118. The van der Waals surface area contributed by atoms with Crippen molar-refractivity contribution < 1.29 is 14.4 Å². The second kappa shape index (κ2) is 4.98. The molecule has 0 unspecified atom stereocenters. The smallest absolute Gasteiger partial charge is 0.297 e. The van der Waals surface area contributed by atoms with Gasteiger partial charge in [-0.2, -0.15) is 0 Å². The van der Waals surface area contributed by atoms with E-state index in [1.165, 1.54) is 4.90 Å². The number of hydrogen-bond acceptors (Lipinski definition) is 3. The topological polar surface area (TPSA) is 54.5 Å². The molecule has 0 saturated heterocycles. The van der Waals surface area contributed by atoms with E-state index in [4.69, 9.17) is 0 Å². The summed E-state index contributed by atoms with van der Waals surface area (Å²) in [6.07, 6.45) is 0. The lowest BCUT2D eigenvalue weighted by atomic mass is 10.1. The molecular formula is C17H13NO3. The number of Topliss-reactive ketones (excluding diaryl/α,β-unsaturated/α-hetero) is 2. The summed E-state index contributed by atoms with van der Waals surface area (Å²) in [6.45, 7) is 1.82. The van der Waals surface area contributed by atoms with E-state index in [2.05, 4.69) is 0 Å². The largest absolute Gasteiger partial charge is 0.299 e. The lowest BCUT2D eigenvalue weighted by Gasteiger charge is -2.15. The van der Waals surface area contributed by atoms with Gasteiger partial charge in [0.15, 0.2) is 5.78 Å². The van der Waals surface area contributed by atoms with Crippen LogP contribution >= 0.6 is 0 Å². The molecule has 0 bridgehead atoms. The lowest BCUT2D eigenvalue weighted by Crippen LogP contribution is -2.34. The maximum Gasteiger partial charge on any atom is 0.299 e. The number of anilines is 1. The molecule has 0 saturated carbocycles. The predicted molar refractivity (Wildman–Crippen MR) is 78.6 cm³/mol. The third-order valence-electron chi connectivity index (χ3n) is 3.55. The number of para-hydroxylation sites is 1. The van der Waals surface area contributed by atoms with Gasteiger partial charge in [0.05, 0.1) is 17.8 Å². The molecule has 4 heteroatoms. The number of carbonyl (C=O) groups is 3. The minimum atomic E-state index is -0.642. The first-order valence-electron chi connectivity index (χ1n) is 6.63. The minimum Gasteiger partial charge on any atom is -0.297 e. The van der Waals surface area contributed by atoms with E-state index in [1.807, 2.05) is 19.1 Å². The van der Waals surface area contributed by atoms with Gasteiger partial charge in [0.25, 0.3) is 11.7 Å². The highest BCUT2D eigenvalue weighted by Gasteiger charge is 2.36. The van der Waals surface area contributed by atoms with Gasteiger partial charge in [-0.15, -0.1) is 0 Å². The van der Waals surface area contributed by atoms with Gasteiger partial charge in [0, 0.05) is 5.56 Å². The average molecular weight is 279 g/mol. The van der Waals surface area contributed by atoms with Crippen molar-refractivity contribution in [3.05, 3.63) is 65.2 Å². The third-order valence-corrected chi connectivity index (χ3v) is 3.55. The second-order valence-electron chi connectivity index (χ2n) is 5.03. The van der Waals surface area contributed by atoms with Crippen molar-refractivity contribution in [1.29, 1.82) is 0 Å². The van der Waals surface area contributed by atoms with Crippen LogP contribution in [0.25, 0.3) is 0 Å². The van der Waals surface area contributed by atoms with Crippen LogP contribution in [0.4, 0.5) is 5.69 Å². The fourth-order valence-corrected chi connectivity index (χ4v) is 2.38. The van der Waals surface area contributed by atoms with Crippen molar-refractivity contribution in [2.24, 2.45) is 0 Å². The Morgan fingerprint density at radius 3 is 2.38 bits per heavy atom. The molecule has 0 atom stereocenters. The Kier molecular flexibility index (Phi) is 3.14. The van der Waals surface area contributed by atoms with Crippen LogP contribution < -0.4 is 4.90 Å². The monoisotopic (exact) mass is 279 g/mol. The summed E-state index contributed by atoms with van der Waals surface area (Å²) in [5, 5.41) is 0. The van der Waals surface area contributed by atoms with Gasteiger partial charge in [-0.25, -0.2) is 0 Å². The first kappa shape index (κ1) is 13.2. The molecule has 2 aromatic rings. The first-order valence-corrected chi connectivity index (χ1v) is 6.63. The minimum absolute atomic E-state index is 0.120. The molecule has 104 valence electrons. The molecule has 4 nitrogen and oxygen atoms in total. The molecule has 2 aromatic carbocycles. The van der Waals surface area contributed by atoms with E-state index in [-0.39, 0.29) is 12.3 Å². The van der Waals surface area contributed by atoms with Gasteiger partial charge in [0.2, 0.25) is 0 Å². The van der Waals surface area contributed by atoms with Gasteiger partial charge in [-0.05, 0) is 19.1 Å². The normalized spacial score (nSPS) is 13.5. The highest BCUT2D eigenvalue weighted by atomic mass is 16.2. The summed E-state index contributed by atoms with van der Waals surface area (Å²) < 4.78 is 0. The van der Waals surface area contributed by atoms with Gasteiger partial charge in [-0.3, -0.25) is 19.3 Å². The quantitative estimate of drug-likeness (QED) is 0.640. The van der Waals surface area contributed by atoms with Crippen molar-refractivity contribution in [2.45, 2.75) is 6.92 Å². The highest BCUT2D eigenvalue weighted by Crippen LogP contribution is 2.28. The molecule has 0 N–H and O–H groups in total. The van der Waals surface area contributed by atoms with Crippen molar-refractivity contribution in [3.63, 3.8) is 0 Å². The van der Waals surface area contributed by atoms with Crippen molar-refractivity contribution in [2.75, 3.05) is 11.4 Å². The Labute approximate surface area is 122 Å². The highest BCUT2D eigenvalue weighted by molar-refractivity contribution is 6.52. The van der Waals surface area contributed by atoms with Crippen molar-refractivity contribution in [3.8, 4) is 0 Å². The second-order valence-corrected chi connectivity index (χ2v) is 5.03. The molecular weight excluding hydrogens is 266 g/mol. The van der Waals surface area contributed by atoms with Crippen LogP contribution in [0.15, 0.2) is 48.5 Å². The zero-order valence-corrected chi connectivity index (χ0v) is 11.5. The lowest BCUT2D eigenvalue weighted by molar-refractivity contribution is -0.114. The Balaban J connectivity index is 1.88. The fourth-order valence-electron chi connectivity index (χ4n) is 2.38. The van der Waals surface area contributed by atoms with E-state index in [9.17, 15) is 14.4 Å². The molecule has 0 radical (unpaired) electrons. The van der Waals surface area contributed by atoms with Crippen molar-refractivity contribution >= 4 is 23.2 Å². The SMILES string of the molecule is Cc1ccc(C(=O)CN2C(=O)C(=O)c3ccccc32)cc1. The number of ketones is 2. The van der Waals surface area contributed by atoms with Crippen LogP contribution in [0.1, 0.15) is 26.3 Å². The van der Waals surface area contributed by atoms with Gasteiger partial charge in [0.1, 0.15) is 0 Å². The zero-order valence-electron chi connectivity index (χ0n) is 11.5. The molecule has 1 heterocycles. The zero-order chi connectivity index (χ0) is 15.0. The molecule has 0 aliphatic carbocycles. The molecule has 3 rings (SSSR count). The number of hydrogen-bond donors (Lipinski definition) is 0. The summed E-state index contributed by atoms with van der Waals surface area (Å²) in [5.74, 6) is -1.38. The number of aryl methyl sites for hydroxylation is 1. The maximum absolute atomic E-state index is 12.3. The Bertz CT molecular complexity index is 747. The molecule has 0 aromatic heterocycles. The molecule has 21 heavy (non-hydrogen) atoms. The Morgan fingerprint density at radius 1 is 1.00 bits per heavy atom. The van der Waals surface area contributed by atoms with E-state index in [0.29, 0.717) is 16.8 Å². The van der Waals surface area contributed by atoms with Crippen LogP contribution in [0, 0.1) is 6.92 Å². The molecule has 1 amide bonds. The predicted octanol–water partition coefficient (Wildman–Crippen LogP) is 2.41. The summed E-state index contributed by atoms with van der Waals surface area (Å²) in [4.78, 5) is 37.4. The van der Waals surface area contributed by atoms with Crippen molar-refractivity contribution in [1.82, 2.24) is 0 Å². The number of nitrogens with zero attached hydrogens (tertiary/aromatic N) is 1. The average Bonchev–Trinajstić information content (AvgIpc) is 2.73. The van der Waals surface area contributed by atoms with Crippen LogP contribution in [0.5, 0.6) is 0 Å². The van der Waals surface area contributed by atoms with Crippen LogP contribution in [-0.4, -0.2) is 24.0 Å². The number of carbonyl (C=O) groups excluding carboxylic acids is 3. The number of benzene rings is 2. The summed E-state index contributed by atoms with van der Waals surface area (Å²) in [6, 6.07) is 13.9. The maximum atomic E-state index is 12.3. The molecule has 1 aliphatic rings. The van der Waals surface area contributed by atoms with E-state index in [0.717, 1.165) is 5.56 Å². The Hall–Kier alpha value is -2.75. The van der Waals surface area contributed by atoms with Crippen LogP contribution in [0.2, 0.25) is 0 Å². The van der Waals surface area contributed by atoms with Gasteiger partial charge < -0.3 is 0 Å². The van der Waals surface area contributed by atoms with Gasteiger partial charge >= 0.3 is 0 Å². The number of amides is 1. The third kappa shape index (κ3) is 2.25. The number of fused-ring (bicyclic) bond motifs is 1. The van der Waals surface area contributed by atoms with Gasteiger partial charge in [-0.1, -0.05) is 42.0 Å². The van der Waals surface area contributed by atoms with E-state index < -0.39 is 11.7 Å². The number of rotatable bonds is 3. The summed E-state index contributed by atoms with van der Waals surface area (Å²) in [7, 11) is 0. The molecule has 0 spiro atoms. The Morgan fingerprint density at radius 2 is 1.67 bits per heavy atom. The molecule has 1 aliphatic heterocycles. The standard InChI is InChI=1S/C17H13NO3/c1-11-6-8-12(9-7-11)15(19)10-18-14-5-3-2-4-13(14)16(20)17(18)21/h2-9H,10H2,1H3. The summed E-state index contributed by atoms with van der Waals surface area (Å²) >= 11 is 0. The van der Waals surface area contributed by atoms with E-state index >= 15 is 0 Å². The summed E-state index contributed by atoms with van der Waals surface area (Å²) in [5.41, 5.74) is 2.46. The van der Waals surface area contributed by atoms with Crippen LogP contribution in [0.3, 0.4) is 0 Å².